The van der Waals surface area contributed by atoms with Crippen molar-refractivity contribution in [1.29, 1.82) is 0 Å². The molecule has 0 heterocycles. The van der Waals surface area contributed by atoms with Gasteiger partial charge in [-0.3, -0.25) is 14.4 Å². The number of ether oxygens (including phenoxy) is 3. The van der Waals surface area contributed by atoms with Gasteiger partial charge in [-0.25, -0.2) is 0 Å². The molecule has 0 aromatic carbocycles. The zero-order valence-corrected chi connectivity index (χ0v) is 53.5. The number of unbranched alkanes of at least 4 members (excludes halogenated alkanes) is 36. The first-order chi connectivity index (χ1) is 40.0. The molecular formula is C75H130O6. The number of hydrogen-bond donors (Lipinski definition) is 0. The summed E-state index contributed by atoms with van der Waals surface area (Å²) in [7, 11) is 0. The first-order valence-corrected chi connectivity index (χ1v) is 34.7. The second kappa shape index (κ2) is 68.8. The zero-order valence-electron chi connectivity index (χ0n) is 53.5. The Balaban J connectivity index is 4.35. The smallest absolute Gasteiger partial charge is 0.306 e. The Bertz CT molecular complexity index is 1580. The predicted molar refractivity (Wildman–Crippen MR) is 353 cm³/mol. The van der Waals surface area contributed by atoms with Crippen LogP contribution >= 0.6 is 0 Å². The SMILES string of the molecule is CC/C=C\C/C=C\C/C=C\C/C=C\C/C=C\C/C=C\C/C=C\CCCCCC(=O)OCC(COC(=O)CCCCCCC/C=C\CCCCCC)OC(=O)CCCCCCCCCCCCCCCCCCCCCCCCCCC. The van der Waals surface area contributed by atoms with Gasteiger partial charge in [-0.05, 0) is 103 Å². The number of rotatable bonds is 63. The molecular weight excluding hydrogens is 997 g/mol. The molecule has 6 nitrogen and oxygen atoms in total. The highest BCUT2D eigenvalue weighted by Gasteiger charge is 2.19. The molecule has 0 N–H and O–H groups in total. The van der Waals surface area contributed by atoms with Crippen LogP contribution in [0.25, 0.3) is 0 Å². The van der Waals surface area contributed by atoms with Gasteiger partial charge in [-0.15, -0.1) is 0 Å². The van der Waals surface area contributed by atoms with Gasteiger partial charge >= 0.3 is 17.9 Å². The second-order valence-electron chi connectivity index (χ2n) is 23.1. The molecule has 0 aliphatic heterocycles. The number of hydrogen-bond acceptors (Lipinski definition) is 6. The third-order valence-corrected chi connectivity index (χ3v) is 15.1. The van der Waals surface area contributed by atoms with E-state index < -0.39 is 6.10 Å². The molecule has 0 fully saturated rings. The van der Waals surface area contributed by atoms with Crippen molar-refractivity contribution in [3.63, 3.8) is 0 Å². The molecule has 1 atom stereocenters. The molecule has 81 heavy (non-hydrogen) atoms. The van der Waals surface area contributed by atoms with Crippen molar-refractivity contribution in [3.05, 3.63) is 97.2 Å². The molecule has 0 aromatic heterocycles. The summed E-state index contributed by atoms with van der Waals surface area (Å²) in [5.41, 5.74) is 0. The van der Waals surface area contributed by atoms with Gasteiger partial charge in [0.2, 0.25) is 0 Å². The van der Waals surface area contributed by atoms with Crippen molar-refractivity contribution in [2.75, 3.05) is 13.2 Å². The molecule has 6 heteroatoms. The maximum atomic E-state index is 13.0. The van der Waals surface area contributed by atoms with Crippen LogP contribution in [0, 0.1) is 0 Å². The molecule has 0 rings (SSSR count). The van der Waals surface area contributed by atoms with Crippen molar-refractivity contribution in [1.82, 2.24) is 0 Å². The summed E-state index contributed by atoms with van der Waals surface area (Å²) >= 11 is 0. The average Bonchev–Trinajstić information content (AvgIpc) is 3.46. The lowest BCUT2D eigenvalue weighted by Gasteiger charge is -2.18. The van der Waals surface area contributed by atoms with Crippen LogP contribution in [0.4, 0.5) is 0 Å². The molecule has 0 saturated carbocycles. The van der Waals surface area contributed by atoms with E-state index in [0.29, 0.717) is 19.3 Å². The third kappa shape index (κ3) is 67.0. The largest absolute Gasteiger partial charge is 0.462 e. The Labute approximate surface area is 502 Å². The third-order valence-electron chi connectivity index (χ3n) is 15.1. The number of allylic oxidation sites excluding steroid dienone is 16. The maximum absolute atomic E-state index is 13.0. The van der Waals surface area contributed by atoms with E-state index in [9.17, 15) is 14.4 Å². The van der Waals surface area contributed by atoms with Crippen molar-refractivity contribution >= 4 is 17.9 Å². The fourth-order valence-corrected chi connectivity index (χ4v) is 9.89. The van der Waals surface area contributed by atoms with Gasteiger partial charge in [0.15, 0.2) is 6.10 Å². The Morgan fingerprint density at radius 2 is 0.481 bits per heavy atom. The molecule has 0 saturated heterocycles. The van der Waals surface area contributed by atoms with Gasteiger partial charge in [-0.1, -0.05) is 317 Å². The molecule has 0 spiro atoms. The molecule has 0 aromatic rings. The normalized spacial score (nSPS) is 12.7. The summed E-state index contributed by atoms with van der Waals surface area (Å²) in [6.45, 7) is 6.52. The van der Waals surface area contributed by atoms with E-state index in [1.165, 1.54) is 186 Å². The highest BCUT2D eigenvalue weighted by atomic mass is 16.6. The minimum absolute atomic E-state index is 0.0903. The fourth-order valence-electron chi connectivity index (χ4n) is 9.89. The van der Waals surface area contributed by atoms with Gasteiger partial charge in [0, 0.05) is 19.3 Å². The van der Waals surface area contributed by atoms with Gasteiger partial charge in [0.05, 0.1) is 0 Å². The summed E-state index contributed by atoms with van der Waals surface area (Å²) in [6.07, 6.45) is 92.9. The highest BCUT2D eigenvalue weighted by molar-refractivity contribution is 5.71. The van der Waals surface area contributed by atoms with Crippen molar-refractivity contribution in [2.45, 2.75) is 348 Å². The summed E-state index contributed by atoms with van der Waals surface area (Å²) in [5, 5.41) is 0. The number of esters is 3. The van der Waals surface area contributed by atoms with Crippen molar-refractivity contribution in [3.8, 4) is 0 Å². The molecule has 0 radical (unpaired) electrons. The van der Waals surface area contributed by atoms with Crippen LogP contribution in [0.1, 0.15) is 342 Å². The first kappa shape index (κ1) is 77.3. The Kier molecular flexibility index (Phi) is 65.7. The van der Waals surface area contributed by atoms with E-state index in [2.05, 4.69) is 118 Å². The molecule has 1 unspecified atom stereocenters. The van der Waals surface area contributed by atoms with E-state index in [0.717, 1.165) is 116 Å². The van der Waals surface area contributed by atoms with E-state index in [1.807, 2.05) is 0 Å². The van der Waals surface area contributed by atoms with E-state index >= 15 is 0 Å². The second-order valence-corrected chi connectivity index (χ2v) is 23.1. The molecule has 0 amide bonds. The lowest BCUT2D eigenvalue weighted by molar-refractivity contribution is -0.167. The monoisotopic (exact) mass is 1130 g/mol. The fraction of sp³-hybridized carbons (Fsp3) is 0.747. The van der Waals surface area contributed by atoms with Gasteiger partial charge < -0.3 is 14.2 Å². The van der Waals surface area contributed by atoms with Gasteiger partial charge in [0.1, 0.15) is 13.2 Å². The predicted octanol–water partition coefficient (Wildman–Crippen LogP) is 24.0. The lowest BCUT2D eigenvalue weighted by Crippen LogP contribution is -2.30. The molecule has 0 aliphatic carbocycles. The molecule has 0 bridgehead atoms. The van der Waals surface area contributed by atoms with Gasteiger partial charge in [-0.2, -0.15) is 0 Å². The molecule has 0 aliphatic rings. The summed E-state index contributed by atoms with van der Waals surface area (Å²) in [5.74, 6) is -0.917. The lowest BCUT2D eigenvalue weighted by atomic mass is 10.0. The van der Waals surface area contributed by atoms with Crippen LogP contribution in [0.15, 0.2) is 97.2 Å². The minimum Gasteiger partial charge on any atom is -0.462 e. The van der Waals surface area contributed by atoms with Crippen LogP contribution in [-0.2, 0) is 28.6 Å². The van der Waals surface area contributed by atoms with E-state index in [4.69, 9.17) is 14.2 Å². The van der Waals surface area contributed by atoms with Crippen LogP contribution < -0.4 is 0 Å². The number of carbonyl (C=O) groups excluding carboxylic acids is 3. The Morgan fingerprint density at radius 1 is 0.259 bits per heavy atom. The van der Waals surface area contributed by atoms with Crippen molar-refractivity contribution in [2.24, 2.45) is 0 Å². The van der Waals surface area contributed by atoms with Crippen LogP contribution in [-0.4, -0.2) is 37.2 Å². The highest BCUT2D eigenvalue weighted by Crippen LogP contribution is 2.17. The van der Waals surface area contributed by atoms with Crippen molar-refractivity contribution < 1.29 is 28.6 Å². The standard InChI is InChI=1S/C75H130O6/c1-4-7-10-13-16-19-22-25-27-29-31-33-35-37-39-41-43-45-47-50-53-56-59-62-65-68-74(77)80-71-72(70-79-73(76)67-64-61-58-55-52-49-24-21-18-15-12-9-6-3)81-75(78)69-66-63-60-57-54-51-48-46-44-42-40-38-36-34-32-30-28-26-23-20-17-14-11-8-5-2/h7,10,16,19,21,24-25,27,31,33,37,39,43,45,50,53,72H,4-6,8-9,11-15,17-18,20,22-23,26,28-30,32,34-36,38,40-42,44,46-49,51-52,54-71H2,1-3H3/b10-7-,19-16-,24-21-,27-25-,33-31-,39-37-,45-43-,53-50-. The first-order valence-electron chi connectivity index (χ1n) is 34.7. The minimum atomic E-state index is -0.796. The van der Waals surface area contributed by atoms with Crippen LogP contribution in [0.3, 0.4) is 0 Å². The summed E-state index contributed by atoms with van der Waals surface area (Å²) in [4.78, 5) is 38.4. The van der Waals surface area contributed by atoms with Gasteiger partial charge in [0.25, 0.3) is 0 Å². The molecule has 466 valence electrons. The quantitative estimate of drug-likeness (QED) is 0.0261. The average molecular weight is 1130 g/mol. The Hall–Kier alpha value is -3.67. The summed E-state index contributed by atoms with van der Waals surface area (Å²) < 4.78 is 16.9. The summed E-state index contributed by atoms with van der Waals surface area (Å²) in [6, 6.07) is 0. The van der Waals surface area contributed by atoms with Crippen LogP contribution in [0.2, 0.25) is 0 Å². The van der Waals surface area contributed by atoms with E-state index in [-0.39, 0.29) is 31.1 Å². The number of carbonyl (C=O) groups is 3. The van der Waals surface area contributed by atoms with Crippen LogP contribution in [0.5, 0.6) is 0 Å². The Morgan fingerprint density at radius 3 is 0.790 bits per heavy atom. The zero-order chi connectivity index (χ0) is 58.5. The van der Waals surface area contributed by atoms with E-state index in [1.54, 1.807) is 0 Å². The maximum Gasteiger partial charge on any atom is 0.306 e. The topological polar surface area (TPSA) is 78.9 Å².